The normalized spacial score (nSPS) is 22.8. The number of carbonyl (C=O) groups is 2. The van der Waals surface area contributed by atoms with Crippen LogP contribution in [0.25, 0.3) is 0 Å². The van der Waals surface area contributed by atoms with Gasteiger partial charge in [0.05, 0.1) is 24.2 Å². The molecule has 19 heavy (non-hydrogen) atoms. The fourth-order valence-corrected chi connectivity index (χ4v) is 2.54. The molecule has 0 aliphatic heterocycles. The van der Waals surface area contributed by atoms with Crippen molar-refractivity contribution in [1.29, 1.82) is 0 Å². The Morgan fingerprint density at radius 3 is 2.47 bits per heavy atom. The third-order valence-electron chi connectivity index (χ3n) is 3.29. The van der Waals surface area contributed by atoms with Gasteiger partial charge in [0.2, 0.25) is 5.91 Å². The van der Waals surface area contributed by atoms with Crippen molar-refractivity contribution >= 4 is 33.6 Å². The van der Waals surface area contributed by atoms with Gasteiger partial charge in [0.25, 0.3) is 0 Å². The Morgan fingerprint density at radius 1 is 1.21 bits per heavy atom. The number of aliphatic carboxylic acids is 1. The minimum absolute atomic E-state index is 0.288. The highest BCUT2D eigenvalue weighted by atomic mass is 79.9. The SMILES string of the molecule is O=C(O)[C@H]1CCCC[C@H]1C(=O)Nc1cnc(Br)cn1. The molecule has 0 aromatic carbocycles. The van der Waals surface area contributed by atoms with Gasteiger partial charge in [-0.05, 0) is 28.8 Å². The van der Waals surface area contributed by atoms with E-state index in [0.717, 1.165) is 12.8 Å². The van der Waals surface area contributed by atoms with Gasteiger partial charge in [0.1, 0.15) is 4.60 Å². The molecule has 1 amide bonds. The Bertz CT molecular complexity index is 478. The Kier molecular flexibility index (Phi) is 4.47. The summed E-state index contributed by atoms with van der Waals surface area (Å²) in [6.45, 7) is 0. The second-order valence-corrected chi connectivity index (χ2v) is 5.36. The predicted octanol–water partition coefficient (Wildman–Crippen LogP) is 2.07. The molecule has 0 unspecified atom stereocenters. The van der Waals surface area contributed by atoms with Crippen molar-refractivity contribution in [1.82, 2.24) is 9.97 Å². The highest BCUT2D eigenvalue weighted by Crippen LogP contribution is 2.31. The van der Waals surface area contributed by atoms with Crippen molar-refractivity contribution in [3.63, 3.8) is 0 Å². The Labute approximate surface area is 118 Å². The molecule has 1 aliphatic carbocycles. The monoisotopic (exact) mass is 327 g/mol. The summed E-state index contributed by atoms with van der Waals surface area (Å²) in [6.07, 6.45) is 5.81. The maximum atomic E-state index is 12.1. The summed E-state index contributed by atoms with van der Waals surface area (Å²) in [6, 6.07) is 0. The molecule has 1 heterocycles. The van der Waals surface area contributed by atoms with Gasteiger partial charge < -0.3 is 10.4 Å². The molecule has 102 valence electrons. The minimum atomic E-state index is -0.901. The second-order valence-electron chi connectivity index (χ2n) is 4.55. The van der Waals surface area contributed by atoms with Crippen molar-refractivity contribution in [3.05, 3.63) is 17.0 Å². The van der Waals surface area contributed by atoms with Gasteiger partial charge in [-0.2, -0.15) is 0 Å². The van der Waals surface area contributed by atoms with Gasteiger partial charge in [-0.1, -0.05) is 12.8 Å². The lowest BCUT2D eigenvalue weighted by atomic mass is 9.79. The van der Waals surface area contributed by atoms with Crippen LogP contribution < -0.4 is 5.32 Å². The van der Waals surface area contributed by atoms with Crippen LogP contribution in [0.15, 0.2) is 17.0 Å². The molecule has 1 aliphatic rings. The zero-order chi connectivity index (χ0) is 13.8. The minimum Gasteiger partial charge on any atom is -0.481 e. The highest BCUT2D eigenvalue weighted by Gasteiger charge is 2.35. The van der Waals surface area contributed by atoms with Crippen LogP contribution in [-0.2, 0) is 9.59 Å². The number of carboxylic acid groups (broad SMARTS) is 1. The molecule has 0 saturated heterocycles. The number of anilines is 1. The molecule has 0 spiro atoms. The summed E-state index contributed by atoms with van der Waals surface area (Å²) in [5.74, 6) is -1.94. The average molecular weight is 328 g/mol. The largest absolute Gasteiger partial charge is 0.481 e. The van der Waals surface area contributed by atoms with E-state index in [4.69, 9.17) is 5.11 Å². The summed E-state index contributed by atoms with van der Waals surface area (Å²) >= 11 is 3.15. The van der Waals surface area contributed by atoms with E-state index in [1.165, 1.54) is 12.4 Å². The molecule has 2 atom stereocenters. The summed E-state index contributed by atoms with van der Waals surface area (Å²) in [5.41, 5.74) is 0. The number of nitrogens with zero attached hydrogens (tertiary/aromatic N) is 2. The van der Waals surface area contributed by atoms with E-state index in [1.54, 1.807) is 0 Å². The van der Waals surface area contributed by atoms with Gasteiger partial charge in [-0.25, -0.2) is 9.97 Å². The second kappa shape index (κ2) is 6.10. The Balaban J connectivity index is 2.05. The van der Waals surface area contributed by atoms with Crippen LogP contribution in [0.4, 0.5) is 5.82 Å². The van der Waals surface area contributed by atoms with Crippen molar-refractivity contribution in [2.45, 2.75) is 25.7 Å². The average Bonchev–Trinajstić information content (AvgIpc) is 2.41. The van der Waals surface area contributed by atoms with Gasteiger partial charge >= 0.3 is 5.97 Å². The lowest BCUT2D eigenvalue weighted by Crippen LogP contribution is -2.36. The number of nitrogens with one attached hydrogen (secondary N) is 1. The van der Waals surface area contributed by atoms with Crippen LogP contribution in [0.3, 0.4) is 0 Å². The van der Waals surface area contributed by atoms with E-state index < -0.39 is 17.8 Å². The molecule has 1 aromatic heterocycles. The van der Waals surface area contributed by atoms with Gasteiger partial charge in [-0.15, -0.1) is 0 Å². The zero-order valence-electron chi connectivity index (χ0n) is 10.2. The molecular formula is C12H14BrN3O3. The lowest BCUT2D eigenvalue weighted by molar-refractivity contribution is -0.147. The number of hydrogen-bond donors (Lipinski definition) is 2. The fraction of sp³-hybridized carbons (Fsp3) is 0.500. The van der Waals surface area contributed by atoms with Crippen LogP contribution in [0.2, 0.25) is 0 Å². The van der Waals surface area contributed by atoms with Crippen molar-refractivity contribution in [3.8, 4) is 0 Å². The maximum absolute atomic E-state index is 12.1. The first-order valence-electron chi connectivity index (χ1n) is 6.09. The van der Waals surface area contributed by atoms with E-state index >= 15 is 0 Å². The first kappa shape index (κ1) is 13.9. The number of rotatable bonds is 3. The fourth-order valence-electron chi connectivity index (χ4n) is 2.34. The molecule has 7 heteroatoms. The molecule has 1 aromatic rings. The van der Waals surface area contributed by atoms with Crippen molar-refractivity contribution < 1.29 is 14.7 Å². The number of carbonyl (C=O) groups excluding carboxylic acids is 1. The molecule has 0 bridgehead atoms. The van der Waals surface area contributed by atoms with Crippen LogP contribution in [-0.4, -0.2) is 27.0 Å². The standard InChI is InChI=1S/C12H14BrN3O3/c13-9-5-15-10(6-14-9)16-11(17)7-3-1-2-4-8(7)12(18)19/h5-8H,1-4H2,(H,18,19)(H,15,16,17)/t7-,8+/m1/s1. The van der Waals surface area contributed by atoms with Gasteiger partial charge in [-0.3, -0.25) is 9.59 Å². The third-order valence-corrected chi connectivity index (χ3v) is 3.70. The van der Waals surface area contributed by atoms with Crippen molar-refractivity contribution in [2.75, 3.05) is 5.32 Å². The van der Waals surface area contributed by atoms with Crippen LogP contribution >= 0.6 is 15.9 Å². The van der Waals surface area contributed by atoms with E-state index in [0.29, 0.717) is 23.3 Å². The summed E-state index contributed by atoms with van der Waals surface area (Å²) in [4.78, 5) is 31.2. The Morgan fingerprint density at radius 2 is 1.89 bits per heavy atom. The number of halogens is 1. The maximum Gasteiger partial charge on any atom is 0.307 e. The Hall–Kier alpha value is -1.50. The third kappa shape index (κ3) is 3.50. The van der Waals surface area contributed by atoms with Crippen LogP contribution in [0, 0.1) is 11.8 Å². The summed E-state index contributed by atoms with van der Waals surface area (Å²) in [7, 11) is 0. The number of aromatic nitrogens is 2. The zero-order valence-corrected chi connectivity index (χ0v) is 11.8. The topological polar surface area (TPSA) is 92.2 Å². The number of carboxylic acids is 1. The van der Waals surface area contributed by atoms with E-state index in [2.05, 4.69) is 31.2 Å². The van der Waals surface area contributed by atoms with E-state index in [9.17, 15) is 9.59 Å². The molecule has 0 radical (unpaired) electrons. The smallest absolute Gasteiger partial charge is 0.307 e. The van der Waals surface area contributed by atoms with Crippen LogP contribution in [0.5, 0.6) is 0 Å². The number of hydrogen-bond acceptors (Lipinski definition) is 4. The van der Waals surface area contributed by atoms with Gasteiger partial charge in [0, 0.05) is 0 Å². The molecule has 1 fully saturated rings. The summed E-state index contributed by atoms with van der Waals surface area (Å²) < 4.78 is 0.576. The molecule has 1 saturated carbocycles. The predicted molar refractivity (Wildman–Crippen MR) is 71.4 cm³/mol. The number of amides is 1. The molecular weight excluding hydrogens is 314 g/mol. The summed E-state index contributed by atoms with van der Waals surface area (Å²) in [5, 5.41) is 11.8. The first-order chi connectivity index (χ1) is 9.08. The highest BCUT2D eigenvalue weighted by molar-refractivity contribution is 9.10. The molecule has 2 N–H and O–H groups in total. The lowest BCUT2D eigenvalue weighted by Gasteiger charge is -2.27. The van der Waals surface area contributed by atoms with E-state index in [-0.39, 0.29) is 5.91 Å². The van der Waals surface area contributed by atoms with Gasteiger partial charge in [0.15, 0.2) is 5.82 Å². The van der Waals surface area contributed by atoms with Crippen LogP contribution in [0.1, 0.15) is 25.7 Å². The van der Waals surface area contributed by atoms with E-state index in [1.807, 2.05) is 0 Å². The molecule has 6 nitrogen and oxygen atoms in total. The quantitative estimate of drug-likeness (QED) is 0.886. The molecule has 2 rings (SSSR count). The first-order valence-corrected chi connectivity index (χ1v) is 6.88. The van der Waals surface area contributed by atoms with Crippen molar-refractivity contribution in [2.24, 2.45) is 11.8 Å².